The summed E-state index contributed by atoms with van der Waals surface area (Å²) in [6, 6.07) is 0. The van der Waals surface area contributed by atoms with Crippen molar-refractivity contribution in [3.63, 3.8) is 0 Å². The molecule has 0 amide bonds. The first-order chi connectivity index (χ1) is 5.99. The van der Waals surface area contributed by atoms with Gasteiger partial charge in [-0.1, -0.05) is 33.1 Å². The van der Waals surface area contributed by atoms with Crippen molar-refractivity contribution in [1.82, 2.24) is 0 Å². The van der Waals surface area contributed by atoms with E-state index in [1.807, 2.05) is 0 Å². The zero-order valence-corrected chi connectivity index (χ0v) is 8.88. The average molecular weight is 180 g/mol. The van der Waals surface area contributed by atoms with Crippen LogP contribution in [0.4, 0.5) is 0 Å². The van der Waals surface area contributed by atoms with Gasteiger partial charge >= 0.3 is 0 Å². The van der Waals surface area contributed by atoms with Gasteiger partial charge in [0, 0.05) is 5.92 Å². The molecule has 1 saturated carbocycles. The fraction of sp³-hybridized carbons (Fsp3) is 0.833. The Balaban J connectivity index is 2.80. The minimum absolute atomic E-state index is 0.286. The van der Waals surface area contributed by atoms with Crippen LogP contribution in [0.5, 0.6) is 0 Å². The third kappa shape index (κ3) is 2.06. The van der Waals surface area contributed by atoms with Gasteiger partial charge in [-0.05, 0) is 24.7 Å². The zero-order valence-electron chi connectivity index (χ0n) is 8.88. The van der Waals surface area contributed by atoms with E-state index in [9.17, 15) is 5.11 Å². The second kappa shape index (κ2) is 3.72. The molecule has 0 unspecified atom stereocenters. The summed E-state index contributed by atoms with van der Waals surface area (Å²) in [6.07, 6.45) is 8.47. The van der Waals surface area contributed by atoms with Crippen molar-refractivity contribution in [2.45, 2.75) is 45.6 Å². The number of hydrogen-bond acceptors (Lipinski definition) is 1. The minimum Gasteiger partial charge on any atom is -0.377 e. The third-order valence-corrected chi connectivity index (χ3v) is 3.30. The molecule has 0 spiro atoms. The smallest absolute Gasteiger partial charge is 0.128 e. The third-order valence-electron chi connectivity index (χ3n) is 3.30. The lowest BCUT2D eigenvalue weighted by molar-refractivity contribution is -0.0325. The average Bonchev–Trinajstić information content (AvgIpc) is 2.03. The van der Waals surface area contributed by atoms with E-state index < -0.39 is 5.60 Å². The van der Waals surface area contributed by atoms with Gasteiger partial charge in [-0.25, -0.2) is 0 Å². The summed E-state index contributed by atoms with van der Waals surface area (Å²) in [7, 11) is 0. The Morgan fingerprint density at radius 2 is 2.08 bits per heavy atom. The molecule has 3 atom stereocenters. The van der Waals surface area contributed by atoms with E-state index >= 15 is 0 Å². The summed E-state index contributed by atoms with van der Waals surface area (Å²) in [4.78, 5) is 0. The standard InChI is InChI=1S/C12H20O/c1-5-12(13)8-10(4)6-7-11(12)9(2)3/h1,9-11,13H,6-8H2,2-4H3/t10-,11+,12+/m0/s1. The molecule has 0 aliphatic heterocycles. The van der Waals surface area contributed by atoms with Crippen LogP contribution in [0.3, 0.4) is 0 Å². The van der Waals surface area contributed by atoms with Crippen molar-refractivity contribution in [2.75, 3.05) is 0 Å². The van der Waals surface area contributed by atoms with Crippen molar-refractivity contribution >= 4 is 0 Å². The van der Waals surface area contributed by atoms with Gasteiger partial charge in [0.1, 0.15) is 5.60 Å². The first kappa shape index (κ1) is 10.6. The monoisotopic (exact) mass is 180 g/mol. The molecule has 1 fully saturated rings. The van der Waals surface area contributed by atoms with Crippen LogP contribution >= 0.6 is 0 Å². The first-order valence-corrected chi connectivity index (χ1v) is 5.19. The van der Waals surface area contributed by atoms with E-state index in [2.05, 4.69) is 26.7 Å². The van der Waals surface area contributed by atoms with Gasteiger partial charge in [0.15, 0.2) is 0 Å². The lowest BCUT2D eigenvalue weighted by atomic mass is 9.67. The van der Waals surface area contributed by atoms with Crippen LogP contribution in [-0.2, 0) is 0 Å². The molecule has 74 valence electrons. The van der Waals surface area contributed by atoms with Gasteiger partial charge in [-0.2, -0.15) is 0 Å². The molecule has 0 aromatic carbocycles. The van der Waals surface area contributed by atoms with E-state index in [0.717, 1.165) is 12.8 Å². The Labute approximate surface area is 81.5 Å². The first-order valence-electron chi connectivity index (χ1n) is 5.19. The molecule has 0 radical (unpaired) electrons. The van der Waals surface area contributed by atoms with Gasteiger partial charge < -0.3 is 5.11 Å². The van der Waals surface area contributed by atoms with Crippen molar-refractivity contribution in [2.24, 2.45) is 17.8 Å². The van der Waals surface area contributed by atoms with E-state index in [-0.39, 0.29) is 5.92 Å². The number of hydrogen-bond donors (Lipinski definition) is 1. The Hall–Kier alpha value is -0.480. The Bertz CT molecular complexity index is 214. The molecular formula is C12H20O. The van der Waals surface area contributed by atoms with Crippen LogP contribution in [0.25, 0.3) is 0 Å². The number of rotatable bonds is 1. The van der Waals surface area contributed by atoms with Gasteiger partial charge in [0.05, 0.1) is 0 Å². The molecule has 1 aliphatic carbocycles. The van der Waals surface area contributed by atoms with Crippen LogP contribution in [-0.4, -0.2) is 10.7 Å². The largest absolute Gasteiger partial charge is 0.377 e. The predicted molar refractivity (Wildman–Crippen MR) is 55.1 cm³/mol. The molecule has 1 aliphatic rings. The summed E-state index contributed by atoms with van der Waals surface area (Å²) >= 11 is 0. The Kier molecular flexibility index (Phi) is 3.03. The zero-order chi connectivity index (χ0) is 10.1. The lowest BCUT2D eigenvalue weighted by Crippen LogP contribution is -2.44. The molecule has 0 aromatic heterocycles. The fourth-order valence-corrected chi connectivity index (χ4v) is 2.54. The van der Waals surface area contributed by atoms with Crippen molar-refractivity contribution in [3.05, 3.63) is 0 Å². The number of aliphatic hydroxyl groups is 1. The summed E-state index contributed by atoms with van der Waals surface area (Å²) < 4.78 is 0. The fourth-order valence-electron chi connectivity index (χ4n) is 2.54. The highest BCUT2D eigenvalue weighted by Gasteiger charge is 2.41. The van der Waals surface area contributed by atoms with E-state index in [1.165, 1.54) is 6.42 Å². The van der Waals surface area contributed by atoms with Crippen LogP contribution in [0.2, 0.25) is 0 Å². The van der Waals surface area contributed by atoms with Gasteiger partial charge in [0.2, 0.25) is 0 Å². The molecular weight excluding hydrogens is 160 g/mol. The molecule has 0 bridgehead atoms. The van der Waals surface area contributed by atoms with Gasteiger partial charge in [-0.15, -0.1) is 6.42 Å². The quantitative estimate of drug-likeness (QED) is 0.614. The van der Waals surface area contributed by atoms with Crippen LogP contribution in [0.15, 0.2) is 0 Å². The van der Waals surface area contributed by atoms with Crippen LogP contribution in [0.1, 0.15) is 40.0 Å². The SMILES string of the molecule is C#C[C@@]1(O)C[C@@H](C)CC[C@@H]1C(C)C. The summed E-state index contributed by atoms with van der Waals surface area (Å²) in [5, 5.41) is 10.2. The highest BCUT2D eigenvalue weighted by molar-refractivity contribution is 5.13. The maximum absolute atomic E-state index is 10.2. The highest BCUT2D eigenvalue weighted by Crippen LogP contribution is 2.40. The van der Waals surface area contributed by atoms with E-state index in [0.29, 0.717) is 11.8 Å². The Morgan fingerprint density at radius 1 is 1.46 bits per heavy atom. The van der Waals surface area contributed by atoms with E-state index in [4.69, 9.17) is 6.42 Å². The topological polar surface area (TPSA) is 20.2 Å². The summed E-state index contributed by atoms with van der Waals surface area (Å²) in [5.41, 5.74) is -0.841. The van der Waals surface area contributed by atoms with Gasteiger partial charge in [0.25, 0.3) is 0 Å². The highest BCUT2D eigenvalue weighted by atomic mass is 16.3. The van der Waals surface area contributed by atoms with Crippen molar-refractivity contribution in [3.8, 4) is 12.3 Å². The van der Waals surface area contributed by atoms with E-state index in [1.54, 1.807) is 0 Å². The van der Waals surface area contributed by atoms with Crippen LogP contribution in [0, 0.1) is 30.1 Å². The molecule has 0 saturated heterocycles. The maximum Gasteiger partial charge on any atom is 0.128 e. The van der Waals surface area contributed by atoms with Crippen LogP contribution < -0.4 is 0 Å². The molecule has 0 aromatic rings. The van der Waals surface area contributed by atoms with Crippen molar-refractivity contribution < 1.29 is 5.11 Å². The second-order valence-electron chi connectivity index (χ2n) is 4.81. The summed E-state index contributed by atoms with van der Waals surface area (Å²) in [5.74, 6) is 3.93. The molecule has 1 N–H and O–H groups in total. The normalized spacial score (nSPS) is 40.3. The van der Waals surface area contributed by atoms with Crippen molar-refractivity contribution in [1.29, 1.82) is 0 Å². The molecule has 13 heavy (non-hydrogen) atoms. The molecule has 1 heteroatoms. The second-order valence-corrected chi connectivity index (χ2v) is 4.81. The molecule has 0 heterocycles. The minimum atomic E-state index is -0.841. The summed E-state index contributed by atoms with van der Waals surface area (Å²) in [6.45, 7) is 6.45. The number of terminal acetylenes is 1. The lowest BCUT2D eigenvalue weighted by Gasteiger charge is -2.41. The Morgan fingerprint density at radius 3 is 2.54 bits per heavy atom. The molecule has 1 rings (SSSR count). The predicted octanol–water partition coefficient (Wildman–Crippen LogP) is 2.44. The maximum atomic E-state index is 10.2. The van der Waals surface area contributed by atoms with Gasteiger partial charge in [-0.3, -0.25) is 0 Å². The molecule has 1 nitrogen and oxygen atoms in total.